The van der Waals surface area contributed by atoms with Crippen LogP contribution in [0, 0.1) is 5.92 Å². The number of rotatable bonds is 17. The highest BCUT2D eigenvalue weighted by Gasteiger charge is 2.39. The number of carbonyl (C=O) groups is 7. The Bertz CT molecular complexity index is 1280. The smallest absolute Gasteiger partial charge is 0.315 e. The predicted octanol–water partition coefficient (Wildman–Crippen LogP) is 1.41. The van der Waals surface area contributed by atoms with Crippen LogP contribution >= 0.6 is 0 Å². The van der Waals surface area contributed by atoms with Gasteiger partial charge in [-0.25, -0.2) is 4.79 Å². The van der Waals surface area contributed by atoms with Crippen LogP contribution in [0.15, 0.2) is 30.3 Å². The van der Waals surface area contributed by atoms with E-state index in [0.29, 0.717) is 44.2 Å². The summed E-state index contributed by atoms with van der Waals surface area (Å²) in [5, 5.41) is 13.0. The van der Waals surface area contributed by atoms with Crippen LogP contribution < -0.4 is 26.6 Å². The third-order valence-electron chi connectivity index (χ3n) is 8.39. The number of urea groups is 1. The van der Waals surface area contributed by atoms with Crippen LogP contribution in [-0.2, 0) is 28.8 Å². The number of likely N-dealkylation sites (N-methyl/N-ethyl adjacent to an activating group) is 1. The second kappa shape index (κ2) is 19.4. The van der Waals surface area contributed by atoms with Gasteiger partial charge in [-0.3, -0.25) is 28.8 Å². The molecule has 2 rings (SSSR count). The van der Waals surface area contributed by atoms with E-state index in [1.165, 1.54) is 9.80 Å². The number of hydrogen-bond donors (Lipinski definition) is 5. The summed E-state index contributed by atoms with van der Waals surface area (Å²) in [6, 6.07) is 4.13. The lowest BCUT2D eigenvalue weighted by Crippen LogP contribution is -2.57. The lowest BCUT2D eigenvalue weighted by atomic mass is 9.92. The van der Waals surface area contributed by atoms with Gasteiger partial charge in [0, 0.05) is 26.7 Å². The van der Waals surface area contributed by atoms with Crippen LogP contribution in [0.4, 0.5) is 4.79 Å². The van der Waals surface area contributed by atoms with Crippen molar-refractivity contribution >= 4 is 41.4 Å². The fourth-order valence-corrected chi connectivity index (χ4v) is 5.57. The van der Waals surface area contributed by atoms with Crippen molar-refractivity contribution in [3.8, 4) is 0 Å². The Morgan fingerprint density at radius 3 is 2.06 bits per heavy atom. The minimum absolute atomic E-state index is 0.0217. The van der Waals surface area contributed by atoms with Gasteiger partial charge in [0.1, 0.15) is 18.1 Å². The quantitative estimate of drug-likeness (QED) is 0.155. The maximum absolute atomic E-state index is 13.6. The van der Waals surface area contributed by atoms with Gasteiger partial charge in [-0.2, -0.15) is 0 Å². The number of Topliss-reactive ketones (excluding diaryl/α,β-unsaturated/α-hetero) is 1. The Morgan fingerprint density at radius 2 is 1.50 bits per heavy atom. The summed E-state index contributed by atoms with van der Waals surface area (Å²) in [5.41, 5.74) is 0.555. The maximum Gasteiger partial charge on any atom is 0.315 e. The van der Waals surface area contributed by atoms with Gasteiger partial charge >= 0.3 is 6.03 Å². The molecule has 0 saturated carbocycles. The largest absolute Gasteiger partial charge is 0.347 e. The summed E-state index contributed by atoms with van der Waals surface area (Å²) in [7, 11) is 3.12. The third-order valence-corrected chi connectivity index (χ3v) is 8.39. The zero-order valence-corrected chi connectivity index (χ0v) is 29.3. The molecule has 14 heteroatoms. The van der Waals surface area contributed by atoms with Crippen molar-refractivity contribution in [1.29, 1.82) is 0 Å². The van der Waals surface area contributed by atoms with Crippen molar-refractivity contribution in [1.82, 2.24) is 36.4 Å². The highest BCUT2D eigenvalue weighted by atomic mass is 16.2. The van der Waals surface area contributed by atoms with Crippen LogP contribution in [0.1, 0.15) is 84.7 Å². The first-order chi connectivity index (χ1) is 22.7. The number of benzene rings is 1. The van der Waals surface area contributed by atoms with Crippen molar-refractivity contribution in [2.45, 2.75) is 103 Å². The molecule has 0 spiro atoms. The number of likely N-dealkylation sites (tertiary alicyclic amines) is 1. The van der Waals surface area contributed by atoms with Crippen LogP contribution in [0.5, 0.6) is 0 Å². The lowest BCUT2D eigenvalue weighted by molar-refractivity contribution is -0.143. The average molecular weight is 672 g/mol. The zero-order chi connectivity index (χ0) is 36.0. The molecular formula is C34H53N7O7. The van der Waals surface area contributed by atoms with Crippen molar-refractivity contribution in [2.24, 2.45) is 5.92 Å². The summed E-state index contributed by atoms with van der Waals surface area (Å²) < 4.78 is 0. The van der Waals surface area contributed by atoms with E-state index in [2.05, 4.69) is 26.6 Å². The molecule has 14 nitrogen and oxygen atoms in total. The molecule has 4 unspecified atom stereocenters. The minimum atomic E-state index is -1.19. The summed E-state index contributed by atoms with van der Waals surface area (Å²) in [4.78, 5) is 94.1. The number of carbonyl (C=O) groups excluding carboxylic acids is 7. The van der Waals surface area contributed by atoms with Crippen molar-refractivity contribution in [3.63, 3.8) is 0 Å². The van der Waals surface area contributed by atoms with Gasteiger partial charge < -0.3 is 36.4 Å². The molecular weight excluding hydrogens is 618 g/mol. The number of nitrogens with zero attached hydrogens (tertiary/aromatic N) is 2. The zero-order valence-electron chi connectivity index (χ0n) is 29.3. The van der Waals surface area contributed by atoms with Gasteiger partial charge in [-0.1, -0.05) is 63.9 Å². The number of ketones is 1. The molecule has 1 heterocycles. The first-order valence-corrected chi connectivity index (χ1v) is 16.8. The first kappa shape index (κ1) is 39.7. The highest BCUT2D eigenvalue weighted by Crippen LogP contribution is 2.21. The van der Waals surface area contributed by atoms with Gasteiger partial charge in [0.05, 0.1) is 12.6 Å². The van der Waals surface area contributed by atoms with Crippen molar-refractivity contribution in [2.75, 3.05) is 27.2 Å². The molecule has 266 valence electrons. The van der Waals surface area contributed by atoms with E-state index in [4.69, 9.17) is 0 Å². The predicted molar refractivity (Wildman–Crippen MR) is 180 cm³/mol. The molecule has 1 aliphatic rings. The SMILES string of the molecule is CCC(CC)CC(NC(=O)C1CCCN1C(=O)C(CC)NC(=O)NC(C)C)C(=O)C(=O)NCC(=O)NC(C(=O)N(C)C)c1ccccc1. The topological polar surface area (TPSA) is 186 Å². The van der Waals surface area contributed by atoms with Crippen LogP contribution in [0.3, 0.4) is 0 Å². The second-order valence-electron chi connectivity index (χ2n) is 12.6. The van der Waals surface area contributed by atoms with Crippen LogP contribution in [0.25, 0.3) is 0 Å². The summed E-state index contributed by atoms with van der Waals surface area (Å²) in [6.45, 7) is 8.99. The molecule has 1 aliphatic heterocycles. The normalized spacial score (nSPS) is 16.0. The van der Waals surface area contributed by atoms with Gasteiger partial charge in [0.15, 0.2) is 0 Å². The van der Waals surface area contributed by atoms with Crippen molar-refractivity contribution in [3.05, 3.63) is 35.9 Å². The van der Waals surface area contributed by atoms with E-state index in [-0.39, 0.29) is 24.3 Å². The first-order valence-electron chi connectivity index (χ1n) is 16.8. The molecule has 0 bridgehead atoms. The molecule has 0 aliphatic carbocycles. The standard InChI is InChI=1S/C34H53N7O7/c1-8-22(9-2)19-25(37-30(44)26-17-14-18-41(26)32(46)24(10-3)38-34(48)36-21(4)5)29(43)31(45)35-20-27(42)39-28(33(47)40(6)7)23-15-12-11-13-16-23/h11-13,15-16,21-22,24-26,28H,8-10,14,17-20H2,1-7H3,(H,35,45)(H,37,44)(H,39,42)(H2,36,38,48). The third kappa shape index (κ3) is 11.6. The molecule has 1 fully saturated rings. The molecule has 1 saturated heterocycles. The Labute approximate surface area is 283 Å². The van der Waals surface area contributed by atoms with E-state index in [1.54, 1.807) is 65.2 Å². The molecule has 5 N–H and O–H groups in total. The van der Waals surface area contributed by atoms with Crippen LogP contribution in [0.2, 0.25) is 0 Å². The molecule has 7 amide bonds. The van der Waals surface area contributed by atoms with Gasteiger partial charge in [0.2, 0.25) is 29.4 Å². The Kier molecular flexibility index (Phi) is 16.0. The molecule has 1 aromatic rings. The maximum atomic E-state index is 13.6. The Morgan fingerprint density at radius 1 is 0.854 bits per heavy atom. The van der Waals surface area contributed by atoms with Gasteiger partial charge in [-0.15, -0.1) is 0 Å². The summed E-state index contributed by atoms with van der Waals surface area (Å²) in [6.07, 6.45) is 2.83. The average Bonchev–Trinajstić information content (AvgIpc) is 3.56. The number of hydrogen-bond acceptors (Lipinski definition) is 7. The minimum Gasteiger partial charge on any atom is -0.347 e. The molecule has 1 aromatic carbocycles. The summed E-state index contributed by atoms with van der Waals surface area (Å²) >= 11 is 0. The van der Waals surface area contributed by atoms with Crippen molar-refractivity contribution < 1.29 is 33.6 Å². The second-order valence-corrected chi connectivity index (χ2v) is 12.6. The molecule has 0 radical (unpaired) electrons. The van der Waals surface area contributed by atoms with Gasteiger partial charge in [0.25, 0.3) is 5.91 Å². The number of amides is 7. The van der Waals surface area contributed by atoms with Crippen LogP contribution in [-0.4, -0.2) is 103 Å². The van der Waals surface area contributed by atoms with E-state index in [9.17, 15) is 33.6 Å². The monoisotopic (exact) mass is 671 g/mol. The fourth-order valence-electron chi connectivity index (χ4n) is 5.57. The number of nitrogens with one attached hydrogen (secondary N) is 5. The van der Waals surface area contributed by atoms with E-state index in [0.717, 1.165) is 0 Å². The molecule has 0 aromatic heterocycles. The lowest BCUT2D eigenvalue weighted by Gasteiger charge is -2.30. The van der Waals surface area contributed by atoms with E-state index < -0.39 is 66.2 Å². The molecule has 4 atom stereocenters. The van der Waals surface area contributed by atoms with E-state index in [1.807, 2.05) is 13.8 Å². The molecule has 48 heavy (non-hydrogen) atoms. The Hall–Kier alpha value is -4.49. The Balaban J connectivity index is 2.14. The fraction of sp³-hybridized carbons (Fsp3) is 0.618. The van der Waals surface area contributed by atoms with Gasteiger partial charge in [-0.05, 0) is 51.0 Å². The summed E-state index contributed by atoms with van der Waals surface area (Å²) in [5.74, 6) is -3.96. The van der Waals surface area contributed by atoms with E-state index >= 15 is 0 Å². The highest BCUT2D eigenvalue weighted by molar-refractivity contribution is 6.38.